The van der Waals surface area contributed by atoms with Gasteiger partial charge in [-0.15, -0.1) is 0 Å². The molecule has 0 spiro atoms. The number of aliphatic hydroxyl groups excluding tert-OH is 1. The number of carbonyl (C=O) groups excluding carboxylic acids is 1. The summed E-state index contributed by atoms with van der Waals surface area (Å²) in [5, 5.41) is 9.57. The van der Waals surface area contributed by atoms with Crippen LogP contribution in [0.2, 0.25) is 0 Å². The quantitative estimate of drug-likeness (QED) is 0.782. The van der Waals surface area contributed by atoms with E-state index in [9.17, 15) is 9.90 Å². The minimum atomic E-state index is -0.304. The summed E-state index contributed by atoms with van der Waals surface area (Å²) in [4.78, 5) is 14.1. The van der Waals surface area contributed by atoms with Gasteiger partial charge in [-0.3, -0.25) is 4.79 Å². The molecule has 1 N–H and O–H groups in total. The average Bonchev–Trinajstić information content (AvgIpc) is 2.29. The molecule has 1 amide bonds. The standard InChI is InChI=1S/C13H25NO2/c1-3-5-7-11(4-2)13(16)14-9-6-8-12(15)10-14/h11-12,15H,3-10H2,1-2H3/t11-,12+/m0/s1. The third kappa shape index (κ3) is 3.78. The van der Waals surface area contributed by atoms with Gasteiger partial charge in [-0.25, -0.2) is 0 Å². The van der Waals surface area contributed by atoms with Crippen LogP contribution in [0, 0.1) is 5.92 Å². The molecule has 0 bridgehead atoms. The minimum absolute atomic E-state index is 0.172. The van der Waals surface area contributed by atoms with E-state index in [0.29, 0.717) is 6.54 Å². The first-order valence-corrected chi connectivity index (χ1v) is 6.65. The van der Waals surface area contributed by atoms with Gasteiger partial charge >= 0.3 is 0 Å². The molecule has 1 fully saturated rings. The van der Waals surface area contributed by atoms with E-state index in [2.05, 4.69) is 13.8 Å². The first-order valence-electron chi connectivity index (χ1n) is 6.65. The van der Waals surface area contributed by atoms with Gasteiger partial charge in [0, 0.05) is 19.0 Å². The van der Waals surface area contributed by atoms with Gasteiger partial charge < -0.3 is 10.0 Å². The SMILES string of the molecule is CCCC[C@H](CC)C(=O)N1CCC[C@@H](O)C1. The molecular formula is C13H25NO2. The second-order valence-electron chi connectivity index (χ2n) is 4.83. The van der Waals surface area contributed by atoms with Gasteiger partial charge in [-0.05, 0) is 25.7 Å². The lowest BCUT2D eigenvalue weighted by molar-refractivity contribution is -0.139. The van der Waals surface area contributed by atoms with Crippen molar-refractivity contribution in [3.8, 4) is 0 Å². The van der Waals surface area contributed by atoms with Crippen LogP contribution >= 0.6 is 0 Å². The van der Waals surface area contributed by atoms with Gasteiger partial charge in [0.1, 0.15) is 0 Å². The molecule has 0 aromatic heterocycles. The van der Waals surface area contributed by atoms with Gasteiger partial charge in [0.2, 0.25) is 5.91 Å². The lowest BCUT2D eigenvalue weighted by Gasteiger charge is -2.32. The Balaban J connectivity index is 2.46. The van der Waals surface area contributed by atoms with Gasteiger partial charge in [0.25, 0.3) is 0 Å². The molecule has 2 atom stereocenters. The smallest absolute Gasteiger partial charge is 0.225 e. The van der Waals surface area contributed by atoms with E-state index < -0.39 is 0 Å². The molecule has 3 heteroatoms. The summed E-state index contributed by atoms with van der Waals surface area (Å²) in [6, 6.07) is 0. The number of amides is 1. The maximum atomic E-state index is 12.2. The Labute approximate surface area is 98.8 Å². The number of piperidine rings is 1. The molecule has 0 aliphatic carbocycles. The summed E-state index contributed by atoms with van der Waals surface area (Å²) in [6.45, 7) is 5.61. The van der Waals surface area contributed by atoms with Crippen LogP contribution in [0.25, 0.3) is 0 Å². The van der Waals surface area contributed by atoms with E-state index in [1.807, 2.05) is 4.90 Å². The first-order chi connectivity index (χ1) is 7.69. The van der Waals surface area contributed by atoms with Crippen LogP contribution in [0.1, 0.15) is 52.4 Å². The van der Waals surface area contributed by atoms with Crippen molar-refractivity contribution < 1.29 is 9.90 Å². The molecule has 16 heavy (non-hydrogen) atoms. The van der Waals surface area contributed by atoms with Crippen LogP contribution < -0.4 is 0 Å². The average molecular weight is 227 g/mol. The van der Waals surface area contributed by atoms with Crippen LogP contribution in [0.4, 0.5) is 0 Å². The molecule has 0 aromatic rings. The maximum Gasteiger partial charge on any atom is 0.225 e. The van der Waals surface area contributed by atoms with Crippen molar-refractivity contribution in [1.82, 2.24) is 4.90 Å². The predicted octanol–water partition coefficient (Wildman–Crippen LogP) is 2.19. The number of likely N-dealkylation sites (tertiary alicyclic amines) is 1. The van der Waals surface area contributed by atoms with E-state index in [0.717, 1.165) is 45.1 Å². The third-order valence-electron chi connectivity index (χ3n) is 3.46. The Bertz CT molecular complexity index is 218. The maximum absolute atomic E-state index is 12.2. The lowest BCUT2D eigenvalue weighted by atomic mass is 9.96. The third-order valence-corrected chi connectivity index (χ3v) is 3.46. The molecule has 1 heterocycles. The fourth-order valence-electron chi connectivity index (χ4n) is 2.37. The fraction of sp³-hybridized carbons (Fsp3) is 0.923. The molecule has 3 nitrogen and oxygen atoms in total. The van der Waals surface area contributed by atoms with Crippen molar-refractivity contribution in [1.29, 1.82) is 0 Å². The number of carbonyl (C=O) groups is 1. The summed E-state index contributed by atoms with van der Waals surface area (Å²) in [6.07, 6.45) is 5.67. The number of nitrogens with zero attached hydrogens (tertiary/aromatic N) is 1. The second kappa shape index (κ2) is 6.89. The highest BCUT2D eigenvalue weighted by Crippen LogP contribution is 2.19. The van der Waals surface area contributed by atoms with Crippen molar-refractivity contribution in [3.63, 3.8) is 0 Å². The molecule has 0 aromatic carbocycles. The highest BCUT2D eigenvalue weighted by molar-refractivity contribution is 5.78. The zero-order chi connectivity index (χ0) is 12.0. The molecule has 0 radical (unpaired) electrons. The lowest BCUT2D eigenvalue weighted by Crippen LogP contribution is -2.44. The summed E-state index contributed by atoms with van der Waals surface area (Å²) < 4.78 is 0. The van der Waals surface area contributed by atoms with Crippen molar-refractivity contribution in [3.05, 3.63) is 0 Å². The van der Waals surface area contributed by atoms with E-state index >= 15 is 0 Å². The highest BCUT2D eigenvalue weighted by atomic mass is 16.3. The van der Waals surface area contributed by atoms with Crippen molar-refractivity contribution in [2.45, 2.75) is 58.5 Å². The Kier molecular flexibility index (Phi) is 5.81. The van der Waals surface area contributed by atoms with Gasteiger partial charge in [-0.1, -0.05) is 26.7 Å². The van der Waals surface area contributed by atoms with Crippen LogP contribution in [0.3, 0.4) is 0 Å². The first kappa shape index (κ1) is 13.5. The molecule has 1 rings (SSSR count). The minimum Gasteiger partial charge on any atom is -0.391 e. The Morgan fingerprint density at radius 3 is 2.81 bits per heavy atom. The van der Waals surface area contributed by atoms with Crippen LogP contribution in [0.15, 0.2) is 0 Å². The van der Waals surface area contributed by atoms with E-state index in [1.165, 1.54) is 0 Å². The number of β-amino-alcohol motifs (C(OH)–C–C–N with tert-alkyl or cyclic N) is 1. The number of rotatable bonds is 5. The molecule has 1 aliphatic rings. The zero-order valence-corrected chi connectivity index (χ0v) is 10.6. The van der Waals surface area contributed by atoms with Crippen LogP contribution in [-0.4, -0.2) is 35.1 Å². The summed E-state index contributed by atoms with van der Waals surface area (Å²) in [7, 11) is 0. The topological polar surface area (TPSA) is 40.5 Å². The molecule has 0 unspecified atom stereocenters. The van der Waals surface area contributed by atoms with Crippen molar-refractivity contribution in [2.24, 2.45) is 5.92 Å². The number of hydrogen-bond donors (Lipinski definition) is 1. The Hall–Kier alpha value is -0.570. The van der Waals surface area contributed by atoms with E-state index in [4.69, 9.17) is 0 Å². The molecular weight excluding hydrogens is 202 g/mol. The predicted molar refractivity (Wildman–Crippen MR) is 65.1 cm³/mol. The van der Waals surface area contributed by atoms with Gasteiger partial charge in [0.05, 0.1) is 6.10 Å². The zero-order valence-electron chi connectivity index (χ0n) is 10.6. The second-order valence-corrected chi connectivity index (χ2v) is 4.83. The number of unbranched alkanes of at least 4 members (excludes halogenated alkanes) is 1. The largest absolute Gasteiger partial charge is 0.391 e. The fourth-order valence-corrected chi connectivity index (χ4v) is 2.37. The number of hydrogen-bond acceptors (Lipinski definition) is 2. The van der Waals surface area contributed by atoms with Crippen LogP contribution in [-0.2, 0) is 4.79 Å². The molecule has 0 saturated carbocycles. The van der Waals surface area contributed by atoms with Crippen molar-refractivity contribution >= 4 is 5.91 Å². The normalized spacial score (nSPS) is 23.2. The summed E-state index contributed by atoms with van der Waals surface area (Å²) in [5.41, 5.74) is 0. The summed E-state index contributed by atoms with van der Waals surface area (Å²) >= 11 is 0. The van der Waals surface area contributed by atoms with Gasteiger partial charge in [-0.2, -0.15) is 0 Å². The van der Waals surface area contributed by atoms with Crippen molar-refractivity contribution in [2.75, 3.05) is 13.1 Å². The summed E-state index contributed by atoms with van der Waals surface area (Å²) in [5.74, 6) is 0.431. The monoisotopic (exact) mass is 227 g/mol. The Morgan fingerprint density at radius 1 is 1.50 bits per heavy atom. The van der Waals surface area contributed by atoms with E-state index in [-0.39, 0.29) is 17.9 Å². The van der Waals surface area contributed by atoms with Crippen LogP contribution in [0.5, 0.6) is 0 Å². The highest BCUT2D eigenvalue weighted by Gasteiger charge is 2.26. The Morgan fingerprint density at radius 2 is 2.25 bits per heavy atom. The molecule has 1 aliphatic heterocycles. The molecule has 1 saturated heterocycles. The molecule has 94 valence electrons. The number of aliphatic hydroxyl groups is 1. The van der Waals surface area contributed by atoms with E-state index in [1.54, 1.807) is 0 Å². The van der Waals surface area contributed by atoms with Gasteiger partial charge in [0.15, 0.2) is 0 Å².